The van der Waals surface area contributed by atoms with Crippen LogP contribution in [0.1, 0.15) is 16.1 Å². The van der Waals surface area contributed by atoms with Crippen LogP contribution >= 0.6 is 0 Å². The Morgan fingerprint density at radius 1 is 1.22 bits per heavy atom. The second-order valence-corrected chi connectivity index (χ2v) is 7.00. The lowest BCUT2D eigenvalue weighted by Gasteiger charge is -2.54. The van der Waals surface area contributed by atoms with Crippen LogP contribution in [0, 0.1) is 5.41 Å². The maximum absolute atomic E-state index is 13.4. The molecule has 1 amide bonds. The molecule has 0 atom stereocenters. The van der Waals surface area contributed by atoms with Gasteiger partial charge in [0.15, 0.2) is 12.2 Å². The molecule has 140 valence electrons. The first-order valence-electron chi connectivity index (χ1n) is 8.21. The summed E-state index contributed by atoms with van der Waals surface area (Å²) in [5.41, 5.74) is -0.495. The van der Waals surface area contributed by atoms with E-state index < -0.39 is 11.7 Å². The van der Waals surface area contributed by atoms with Crippen molar-refractivity contribution in [2.45, 2.75) is 6.18 Å². The third kappa shape index (κ3) is 2.43. The third-order valence-electron chi connectivity index (χ3n) is 5.01. The van der Waals surface area contributed by atoms with Gasteiger partial charge in [0.1, 0.15) is 11.3 Å². The minimum absolute atomic E-state index is 0.0122. The number of hydrogen-bond acceptors (Lipinski definition) is 5. The highest BCUT2D eigenvalue weighted by Gasteiger charge is 2.51. The first-order chi connectivity index (χ1) is 12.9. The number of rotatable bonds is 2. The Morgan fingerprint density at radius 3 is 2.59 bits per heavy atom. The highest BCUT2D eigenvalue weighted by atomic mass is 19.4. The fraction of sp³-hybridized carbons (Fsp3) is 0.353. The van der Waals surface area contributed by atoms with Crippen LogP contribution in [-0.2, 0) is 10.9 Å². The Balaban J connectivity index is 1.60. The van der Waals surface area contributed by atoms with Crippen molar-refractivity contribution in [3.63, 3.8) is 0 Å². The fourth-order valence-electron chi connectivity index (χ4n) is 3.57. The number of imidazole rings is 1. The number of fused-ring (bicyclic) bond motifs is 1. The van der Waals surface area contributed by atoms with Crippen LogP contribution in [0.5, 0.6) is 0 Å². The molecule has 1 spiro atoms. The first kappa shape index (κ1) is 16.3. The minimum Gasteiger partial charge on any atom is -0.443 e. The number of pyridine rings is 1. The summed E-state index contributed by atoms with van der Waals surface area (Å²) in [5.74, 6) is -0.215. The number of hydrogen-bond donors (Lipinski definition) is 0. The largest absolute Gasteiger partial charge is 0.443 e. The summed E-state index contributed by atoms with van der Waals surface area (Å²) in [4.78, 5) is 22.3. The lowest BCUT2D eigenvalue weighted by Crippen LogP contribution is -2.67. The Morgan fingerprint density at radius 2 is 2.00 bits per heavy atom. The lowest BCUT2D eigenvalue weighted by molar-refractivity contribution is -0.176. The molecule has 2 fully saturated rings. The molecule has 0 radical (unpaired) electrons. The molecule has 7 nitrogen and oxygen atoms in total. The number of alkyl halides is 3. The van der Waals surface area contributed by atoms with Gasteiger partial charge in [-0.15, -0.1) is 0 Å². The molecule has 2 aliphatic heterocycles. The van der Waals surface area contributed by atoms with Gasteiger partial charge in [0.05, 0.1) is 42.1 Å². The number of amides is 1. The molecule has 0 saturated carbocycles. The molecule has 3 aromatic rings. The van der Waals surface area contributed by atoms with Crippen LogP contribution in [0.4, 0.5) is 13.2 Å². The van der Waals surface area contributed by atoms with Gasteiger partial charge < -0.3 is 14.1 Å². The summed E-state index contributed by atoms with van der Waals surface area (Å²) >= 11 is 0. The van der Waals surface area contributed by atoms with Crippen molar-refractivity contribution in [3.8, 4) is 11.3 Å². The number of oxazole rings is 1. The summed E-state index contributed by atoms with van der Waals surface area (Å²) < 4.78 is 51.6. The van der Waals surface area contributed by atoms with E-state index in [0.717, 1.165) is 18.7 Å². The zero-order chi connectivity index (χ0) is 18.8. The van der Waals surface area contributed by atoms with Crippen molar-refractivity contribution in [1.82, 2.24) is 19.3 Å². The van der Waals surface area contributed by atoms with Crippen molar-refractivity contribution < 1.29 is 27.1 Å². The van der Waals surface area contributed by atoms with Crippen molar-refractivity contribution in [2.75, 3.05) is 26.3 Å². The summed E-state index contributed by atoms with van der Waals surface area (Å²) in [6.45, 7) is 2.29. The normalized spacial score (nSPS) is 18.6. The van der Waals surface area contributed by atoms with E-state index in [1.807, 2.05) is 0 Å². The number of aromatic nitrogens is 3. The number of nitrogens with zero attached hydrogens (tertiary/aromatic N) is 4. The van der Waals surface area contributed by atoms with Crippen LogP contribution in [0.25, 0.3) is 17.0 Å². The predicted molar refractivity (Wildman–Crippen MR) is 84.8 cm³/mol. The molecule has 5 heterocycles. The molecular weight excluding hydrogens is 365 g/mol. The van der Waals surface area contributed by atoms with Gasteiger partial charge in [-0.3, -0.25) is 9.20 Å². The van der Waals surface area contributed by atoms with Crippen molar-refractivity contribution >= 4 is 11.6 Å². The topological polar surface area (TPSA) is 72.9 Å². The zero-order valence-electron chi connectivity index (χ0n) is 13.9. The number of carbonyl (C=O) groups excluding carboxylic acids is 1. The summed E-state index contributed by atoms with van der Waals surface area (Å²) in [6.07, 6.45) is 0.0256. The molecule has 27 heavy (non-hydrogen) atoms. The van der Waals surface area contributed by atoms with Crippen molar-refractivity contribution in [2.24, 2.45) is 5.41 Å². The Kier molecular flexibility index (Phi) is 3.21. The van der Waals surface area contributed by atoms with Gasteiger partial charge in [-0.1, -0.05) is 0 Å². The van der Waals surface area contributed by atoms with E-state index in [1.54, 1.807) is 4.90 Å². The number of halogens is 3. The van der Waals surface area contributed by atoms with Gasteiger partial charge in [0.2, 0.25) is 0 Å². The quantitative estimate of drug-likeness (QED) is 0.685. The number of likely N-dealkylation sites (tertiary alicyclic amines) is 1. The summed E-state index contributed by atoms with van der Waals surface area (Å²) in [5, 5.41) is 0. The highest BCUT2D eigenvalue weighted by molar-refractivity contribution is 5.95. The molecule has 2 aliphatic rings. The molecule has 0 aliphatic carbocycles. The van der Waals surface area contributed by atoms with E-state index in [-0.39, 0.29) is 34.0 Å². The standard InChI is InChI=1S/C17H13F3N4O3/c18-17(19,20)10-1-11(13-3-21-9-27-13)14-22-2-12(24(14)4-10)15(25)23-5-16(6-23)7-26-8-16/h1-4,9H,5-8H2. The van der Waals surface area contributed by atoms with Gasteiger partial charge >= 0.3 is 6.18 Å². The Bertz CT molecular complexity index is 1030. The van der Waals surface area contributed by atoms with Crippen LogP contribution < -0.4 is 0 Å². The van der Waals surface area contributed by atoms with Crippen molar-refractivity contribution in [1.29, 1.82) is 0 Å². The van der Waals surface area contributed by atoms with E-state index in [4.69, 9.17) is 9.15 Å². The Hall–Kier alpha value is -2.88. The molecular formula is C17H13F3N4O3. The first-order valence-corrected chi connectivity index (χ1v) is 8.21. The number of carbonyl (C=O) groups is 1. The van der Waals surface area contributed by atoms with Crippen LogP contribution in [0.2, 0.25) is 0 Å². The second kappa shape index (κ2) is 5.32. The van der Waals surface area contributed by atoms with Gasteiger partial charge in [-0.25, -0.2) is 9.97 Å². The average molecular weight is 378 g/mol. The van der Waals surface area contributed by atoms with Gasteiger partial charge in [-0.2, -0.15) is 13.2 Å². The molecule has 5 rings (SSSR count). The summed E-state index contributed by atoms with van der Waals surface area (Å²) in [7, 11) is 0. The maximum atomic E-state index is 13.4. The van der Waals surface area contributed by atoms with Crippen LogP contribution in [0.15, 0.2) is 35.5 Å². The van der Waals surface area contributed by atoms with E-state index in [0.29, 0.717) is 26.3 Å². The Labute approximate surface area is 150 Å². The third-order valence-corrected chi connectivity index (χ3v) is 5.01. The van der Waals surface area contributed by atoms with Crippen LogP contribution in [-0.4, -0.2) is 51.5 Å². The smallest absolute Gasteiger partial charge is 0.417 e. The minimum atomic E-state index is -4.59. The summed E-state index contributed by atoms with van der Waals surface area (Å²) in [6, 6.07) is 0.946. The zero-order valence-corrected chi connectivity index (χ0v) is 13.9. The molecule has 2 saturated heterocycles. The van der Waals surface area contributed by atoms with E-state index in [2.05, 4.69) is 9.97 Å². The average Bonchev–Trinajstić information content (AvgIpc) is 3.20. The second-order valence-electron chi connectivity index (χ2n) is 7.00. The molecule has 0 bridgehead atoms. The monoisotopic (exact) mass is 378 g/mol. The van der Waals surface area contributed by atoms with Gasteiger partial charge in [0.25, 0.3) is 5.91 Å². The molecule has 0 N–H and O–H groups in total. The van der Waals surface area contributed by atoms with E-state index in [1.165, 1.54) is 16.8 Å². The van der Waals surface area contributed by atoms with E-state index in [9.17, 15) is 18.0 Å². The van der Waals surface area contributed by atoms with Crippen molar-refractivity contribution in [3.05, 3.63) is 42.3 Å². The van der Waals surface area contributed by atoms with Gasteiger partial charge in [0, 0.05) is 19.3 Å². The maximum Gasteiger partial charge on any atom is 0.417 e. The van der Waals surface area contributed by atoms with E-state index >= 15 is 0 Å². The highest BCUT2D eigenvalue weighted by Crippen LogP contribution is 2.39. The van der Waals surface area contributed by atoms with Crippen LogP contribution in [0.3, 0.4) is 0 Å². The number of ether oxygens (including phenoxy) is 1. The molecule has 3 aromatic heterocycles. The predicted octanol–water partition coefficient (Wildman–Crippen LogP) is 2.48. The SMILES string of the molecule is O=C(c1cnc2c(-c3cnco3)cc(C(F)(F)F)cn12)N1CC2(COC2)C1. The van der Waals surface area contributed by atoms with Gasteiger partial charge in [-0.05, 0) is 6.07 Å². The molecule has 10 heteroatoms. The lowest BCUT2D eigenvalue weighted by atomic mass is 9.78. The fourth-order valence-corrected chi connectivity index (χ4v) is 3.57. The molecule has 0 aromatic carbocycles. The molecule has 0 unspecified atom stereocenters.